The fourth-order valence-electron chi connectivity index (χ4n) is 3.55. The molecule has 1 aromatic carbocycles. The van der Waals surface area contributed by atoms with Gasteiger partial charge in [0.05, 0.1) is 24.6 Å². The molecule has 2 heterocycles. The first-order valence-corrected chi connectivity index (χ1v) is 11.0. The molecule has 1 aliphatic rings. The number of nitrogens with one attached hydrogen (secondary N) is 1. The molecule has 1 aromatic heterocycles. The number of methoxy groups -OCH3 is 1. The summed E-state index contributed by atoms with van der Waals surface area (Å²) in [6.07, 6.45) is 7.94. The van der Waals surface area contributed by atoms with Crippen LogP contribution in [-0.2, 0) is 22.5 Å². The van der Waals surface area contributed by atoms with E-state index in [4.69, 9.17) is 4.74 Å². The van der Waals surface area contributed by atoms with Gasteiger partial charge in [0.2, 0.25) is 0 Å². The number of urea groups is 1. The van der Waals surface area contributed by atoms with Crippen LogP contribution >= 0.6 is 12.4 Å². The maximum atomic E-state index is 12.7. The summed E-state index contributed by atoms with van der Waals surface area (Å²) in [5, 5.41) is 2.69. The fourth-order valence-corrected chi connectivity index (χ4v) is 3.55. The summed E-state index contributed by atoms with van der Waals surface area (Å²) in [5.74, 6) is 0.223. The van der Waals surface area contributed by atoms with Crippen LogP contribution in [0.25, 0.3) is 6.08 Å². The van der Waals surface area contributed by atoms with E-state index < -0.39 is 0 Å². The minimum absolute atomic E-state index is 0. The summed E-state index contributed by atoms with van der Waals surface area (Å²) in [5.41, 5.74) is 2.48. The van der Waals surface area contributed by atoms with Gasteiger partial charge in [-0.1, -0.05) is 38.8 Å². The zero-order valence-electron chi connectivity index (χ0n) is 19.3. The highest BCUT2D eigenvalue weighted by molar-refractivity contribution is 6.13. The van der Waals surface area contributed by atoms with Crippen LogP contribution in [0.1, 0.15) is 67.0 Å². The molecule has 0 bridgehead atoms. The average Bonchev–Trinajstić information content (AvgIpc) is 3.30. The number of hydrogen-bond donors (Lipinski definition) is 1. The molecule has 0 saturated carbocycles. The van der Waals surface area contributed by atoms with Gasteiger partial charge in [-0.3, -0.25) is 9.69 Å². The van der Waals surface area contributed by atoms with Gasteiger partial charge in [-0.2, -0.15) is 0 Å². The number of carbonyl (C=O) groups is 3. The minimum Gasteiger partial charge on any atom is -0.465 e. The predicted octanol–water partition coefficient (Wildman–Crippen LogP) is 4.18. The summed E-state index contributed by atoms with van der Waals surface area (Å²) in [7, 11) is 1.36. The van der Waals surface area contributed by atoms with Crippen molar-refractivity contribution >= 4 is 36.4 Å². The molecule has 8 nitrogen and oxygen atoms in total. The number of imidazole rings is 1. The molecule has 0 atom stereocenters. The standard InChI is InChI=1S/C24H30N4O4.ClH/c1-4-6-8-21-25-15-19(14-20-22(29)27(13-7-5-2)24(31)26-20)28(21)16-17-9-11-18(12-10-17)23(30)32-3;/h9-12,14-15H,4-8,13,16H2,1-3H3,(H,26,31);1H/b20-14-;. The van der Waals surface area contributed by atoms with Crippen LogP contribution in [-0.4, -0.2) is 46.0 Å². The summed E-state index contributed by atoms with van der Waals surface area (Å²) in [4.78, 5) is 42.4. The lowest BCUT2D eigenvalue weighted by Crippen LogP contribution is -2.31. The molecular weight excluding hydrogens is 444 g/mol. The predicted molar refractivity (Wildman–Crippen MR) is 128 cm³/mol. The van der Waals surface area contributed by atoms with E-state index in [1.807, 2.05) is 23.6 Å². The van der Waals surface area contributed by atoms with Crippen molar-refractivity contribution in [2.75, 3.05) is 13.7 Å². The number of imide groups is 1. The Bertz CT molecular complexity index is 1010. The number of unbranched alkanes of at least 4 members (excludes halogenated alkanes) is 2. The Balaban J connectivity index is 0.00000385. The lowest BCUT2D eigenvalue weighted by atomic mass is 10.1. The number of hydrogen-bond acceptors (Lipinski definition) is 5. The molecule has 178 valence electrons. The third kappa shape index (κ3) is 6.22. The molecule has 1 N–H and O–H groups in total. The van der Waals surface area contributed by atoms with Crippen LogP contribution in [0.4, 0.5) is 4.79 Å². The van der Waals surface area contributed by atoms with Crippen LogP contribution < -0.4 is 5.32 Å². The number of rotatable bonds is 10. The van der Waals surface area contributed by atoms with E-state index in [-0.39, 0.29) is 36.0 Å². The van der Waals surface area contributed by atoms with Crippen LogP contribution in [0.5, 0.6) is 0 Å². The zero-order valence-corrected chi connectivity index (χ0v) is 20.1. The van der Waals surface area contributed by atoms with Gasteiger partial charge in [0, 0.05) is 19.5 Å². The van der Waals surface area contributed by atoms with E-state index in [0.29, 0.717) is 18.7 Å². The molecule has 33 heavy (non-hydrogen) atoms. The van der Waals surface area contributed by atoms with E-state index in [9.17, 15) is 14.4 Å². The average molecular weight is 475 g/mol. The van der Waals surface area contributed by atoms with Crippen molar-refractivity contribution in [2.45, 2.75) is 52.5 Å². The van der Waals surface area contributed by atoms with Crippen LogP contribution in [0.3, 0.4) is 0 Å². The number of amides is 3. The Kier molecular flexibility index (Phi) is 9.66. The minimum atomic E-state index is -0.384. The molecule has 3 amide bonds. The van der Waals surface area contributed by atoms with Crippen molar-refractivity contribution in [2.24, 2.45) is 0 Å². The molecule has 1 saturated heterocycles. The quantitative estimate of drug-likeness (QED) is 0.317. The second-order valence-electron chi connectivity index (χ2n) is 7.78. The third-order valence-corrected chi connectivity index (χ3v) is 5.43. The van der Waals surface area contributed by atoms with Gasteiger partial charge in [-0.15, -0.1) is 12.4 Å². The van der Waals surface area contributed by atoms with Crippen molar-refractivity contribution in [1.82, 2.24) is 19.8 Å². The van der Waals surface area contributed by atoms with Crippen molar-refractivity contribution < 1.29 is 19.1 Å². The second-order valence-corrected chi connectivity index (χ2v) is 7.78. The summed E-state index contributed by atoms with van der Waals surface area (Å²) in [6, 6.07) is 6.83. The summed E-state index contributed by atoms with van der Waals surface area (Å²) >= 11 is 0. The molecule has 3 rings (SSSR count). The van der Waals surface area contributed by atoms with Crippen LogP contribution in [0, 0.1) is 0 Å². The van der Waals surface area contributed by atoms with Crippen LogP contribution in [0.2, 0.25) is 0 Å². The highest BCUT2D eigenvalue weighted by Crippen LogP contribution is 2.19. The molecule has 0 radical (unpaired) electrons. The zero-order chi connectivity index (χ0) is 23.1. The monoisotopic (exact) mass is 474 g/mol. The Hall–Kier alpha value is -3.13. The van der Waals surface area contributed by atoms with Gasteiger partial charge in [-0.25, -0.2) is 14.6 Å². The molecule has 1 aliphatic heterocycles. The Labute approximate surface area is 200 Å². The maximum absolute atomic E-state index is 12.7. The van der Waals surface area contributed by atoms with Gasteiger partial charge in [0.25, 0.3) is 5.91 Å². The number of ether oxygens (including phenoxy) is 1. The molecule has 2 aromatic rings. The largest absolute Gasteiger partial charge is 0.465 e. The van der Waals surface area contributed by atoms with Gasteiger partial charge < -0.3 is 14.6 Å². The first-order valence-electron chi connectivity index (χ1n) is 11.0. The second kappa shape index (κ2) is 12.2. The highest BCUT2D eigenvalue weighted by atomic mass is 35.5. The summed E-state index contributed by atoms with van der Waals surface area (Å²) < 4.78 is 6.80. The number of nitrogens with zero attached hydrogens (tertiary/aromatic N) is 3. The number of aromatic nitrogens is 2. The van der Waals surface area contributed by atoms with Crippen molar-refractivity contribution in [1.29, 1.82) is 0 Å². The van der Waals surface area contributed by atoms with Crippen molar-refractivity contribution in [3.8, 4) is 0 Å². The molecule has 9 heteroatoms. The molecule has 1 fully saturated rings. The van der Waals surface area contributed by atoms with E-state index in [0.717, 1.165) is 49.2 Å². The van der Waals surface area contributed by atoms with Gasteiger partial charge in [0.1, 0.15) is 11.5 Å². The Morgan fingerprint density at radius 2 is 1.82 bits per heavy atom. The highest BCUT2D eigenvalue weighted by Gasteiger charge is 2.33. The molecule has 0 unspecified atom stereocenters. The van der Waals surface area contributed by atoms with E-state index in [1.165, 1.54) is 12.0 Å². The van der Waals surface area contributed by atoms with Crippen molar-refractivity contribution in [3.63, 3.8) is 0 Å². The maximum Gasteiger partial charge on any atom is 0.337 e. The topological polar surface area (TPSA) is 93.5 Å². The Morgan fingerprint density at radius 1 is 1.12 bits per heavy atom. The number of benzene rings is 1. The smallest absolute Gasteiger partial charge is 0.337 e. The lowest BCUT2D eigenvalue weighted by molar-refractivity contribution is -0.122. The van der Waals surface area contributed by atoms with Crippen molar-refractivity contribution in [3.05, 3.63) is 58.8 Å². The van der Waals surface area contributed by atoms with E-state index in [1.54, 1.807) is 24.4 Å². The lowest BCUT2D eigenvalue weighted by Gasteiger charge is -2.12. The number of halogens is 1. The van der Waals surface area contributed by atoms with Crippen LogP contribution in [0.15, 0.2) is 36.2 Å². The molecule has 0 aliphatic carbocycles. The first kappa shape index (κ1) is 26.1. The fraction of sp³-hybridized carbons (Fsp3) is 0.417. The molecular formula is C24H31ClN4O4. The molecule has 0 spiro atoms. The Morgan fingerprint density at radius 3 is 2.45 bits per heavy atom. The van der Waals surface area contributed by atoms with E-state index >= 15 is 0 Å². The SMILES string of the molecule is CCCCc1ncc(/C=C2\NC(=O)N(CCCC)C2=O)n1Cc1ccc(C(=O)OC)cc1.Cl. The number of esters is 1. The van der Waals surface area contributed by atoms with Gasteiger partial charge in [-0.05, 0) is 36.6 Å². The third-order valence-electron chi connectivity index (χ3n) is 5.43. The number of aryl methyl sites for hydroxylation is 1. The number of carbonyl (C=O) groups excluding carboxylic acids is 3. The summed E-state index contributed by atoms with van der Waals surface area (Å²) in [6.45, 7) is 5.08. The normalized spacial score (nSPS) is 14.4. The first-order chi connectivity index (χ1) is 15.5. The van der Waals surface area contributed by atoms with Gasteiger partial charge in [0.15, 0.2) is 0 Å². The van der Waals surface area contributed by atoms with E-state index in [2.05, 4.69) is 17.2 Å². The van der Waals surface area contributed by atoms with Gasteiger partial charge >= 0.3 is 12.0 Å².